The number of benzene rings is 1. The molecule has 1 atom stereocenters. The molecule has 4 heteroatoms. The molecule has 1 aliphatic rings. The molecule has 1 saturated carbocycles. The van der Waals surface area contributed by atoms with Crippen LogP contribution >= 0.6 is 0 Å². The predicted octanol–water partition coefficient (Wildman–Crippen LogP) is 1.13. The minimum absolute atomic E-state index is 0.435. The van der Waals surface area contributed by atoms with Gasteiger partial charge in [-0.15, -0.1) is 0 Å². The van der Waals surface area contributed by atoms with E-state index < -0.39 is 17.4 Å². The standard InChI is InChI=1S/C11H14N2O2/c12-8-3-1-7(2-4-8)9(13)11(5-6-11)10(14)15/h1-4,9H,5-6,12-13H2,(H,14,15). The van der Waals surface area contributed by atoms with Crippen LogP contribution in [0.2, 0.25) is 0 Å². The Balaban J connectivity index is 2.25. The molecule has 1 aromatic rings. The van der Waals surface area contributed by atoms with Crippen molar-refractivity contribution in [3.05, 3.63) is 29.8 Å². The van der Waals surface area contributed by atoms with E-state index in [1.807, 2.05) is 0 Å². The van der Waals surface area contributed by atoms with Crippen molar-refractivity contribution in [2.75, 3.05) is 5.73 Å². The highest BCUT2D eigenvalue weighted by molar-refractivity contribution is 5.79. The van der Waals surface area contributed by atoms with Crippen LogP contribution < -0.4 is 11.5 Å². The molecule has 0 radical (unpaired) electrons. The van der Waals surface area contributed by atoms with E-state index >= 15 is 0 Å². The summed E-state index contributed by atoms with van der Waals surface area (Å²) in [6.07, 6.45) is 1.32. The summed E-state index contributed by atoms with van der Waals surface area (Å²) in [6, 6.07) is 6.64. The van der Waals surface area contributed by atoms with Crippen LogP contribution in [0.25, 0.3) is 0 Å². The van der Waals surface area contributed by atoms with Crippen molar-refractivity contribution in [2.24, 2.45) is 11.1 Å². The minimum atomic E-state index is -0.799. The van der Waals surface area contributed by atoms with Gasteiger partial charge in [0.1, 0.15) is 0 Å². The van der Waals surface area contributed by atoms with Crippen molar-refractivity contribution in [3.8, 4) is 0 Å². The SMILES string of the molecule is Nc1ccc(C(N)C2(C(=O)O)CC2)cc1. The first kappa shape index (κ1) is 9.98. The van der Waals surface area contributed by atoms with Gasteiger partial charge in [-0.3, -0.25) is 4.79 Å². The summed E-state index contributed by atoms with van der Waals surface area (Å²) >= 11 is 0. The molecule has 80 valence electrons. The molecule has 15 heavy (non-hydrogen) atoms. The van der Waals surface area contributed by atoms with Crippen molar-refractivity contribution < 1.29 is 9.90 Å². The average molecular weight is 206 g/mol. The summed E-state index contributed by atoms with van der Waals surface area (Å²) in [6.45, 7) is 0. The van der Waals surface area contributed by atoms with Gasteiger partial charge in [0.05, 0.1) is 5.41 Å². The Bertz CT molecular complexity index is 382. The molecule has 4 nitrogen and oxygen atoms in total. The number of carbonyl (C=O) groups is 1. The zero-order valence-corrected chi connectivity index (χ0v) is 8.31. The van der Waals surface area contributed by atoms with Gasteiger partial charge in [0.15, 0.2) is 0 Å². The van der Waals surface area contributed by atoms with Crippen LogP contribution in [0.4, 0.5) is 5.69 Å². The van der Waals surface area contributed by atoms with Crippen LogP contribution in [0.3, 0.4) is 0 Å². The Kier molecular flexibility index (Phi) is 2.16. The van der Waals surface area contributed by atoms with E-state index in [4.69, 9.17) is 16.6 Å². The van der Waals surface area contributed by atoms with Crippen LogP contribution in [0, 0.1) is 5.41 Å². The molecule has 5 N–H and O–H groups in total. The summed E-state index contributed by atoms with van der Waals surface area (Å²) in [4.78, 5) is 11.1. The highest BCUT2D eigenvalue weighted by Crippen LogP contribution is 2.54. The van der Waals surface area contributed by atoms with E-state index in [2.05, 4.69) is 0 Å². The monoisotopic (exact) mass is 206 g/mol. The third-order valence-corrected chi connectivity index (χ3v) is 3.11. The van der Waals surface area contributed by atoms with Gasteiger partial charge in [0.2, 0.25) is 0 Å². The number of carboxylic acids is 1. The van der Waals surface area contributed by atoms with E-state index in [1.165, 1.54) is 0 Å². The Labute approximate surface area is 87.9 Å². The highest BCUT2D eigenvalue weighted by atomic mass is 16.4. The van der Waals surface area contributed by atoms with Crippen molar-refractivity contribution in [1.82, 2.24) is 0 Å². The number of rotatable bonds is 3. The fourth-order valence-corrected chi connectivity index (χ4v) is 1.81. The first-order valence-electron chi connectivity index (χ1n) is 4.91. The zero-order chi connectivity index (χ0) is 11.1. The van der Waals surface area contributed by atoms with E-state index in [0.717, 1.165) is 5.56 Å². The maximum Gasteiger partial charge on any atom is 0.311 e. The Morgan fingerprint density at radius 3 is 2.27 bits per heavy atom. The molecule has 0 saturated heterocycles. The fourth-order valence-electron chi connectivity index (χ4n) is 1.81. The van der Waals surface area contributed by atoms with Crippen molar-refractivity contribution in [2.45, 2.75) is 18.9 Å². The molecule has 2 rings (SSSR count). The predicted molar refractivity (Wildman–Crippen MR) is 57.1 cm³/mol. The van der Waals surface area contributed by atoms with E-state index in [-0.39, 0.29) is 0 Å². The van der Waals surface area contributed by atoms with Crippen LogP contribution in [-0.2, 0) is 4.79 Å². The number of hydrogen-bond acceptors (Lipinski definition) is 3. The lowest BCUT2D eigenvalue weighted by Gasteiger charge is -2.19. The maximum atomic E-state index is 11.1. The third-order valence-electron chi connectivity index (χ3n) is 3.11. The van der Waals surface area contributed by atoms with Gasteiger partial charge in [0.25, 0.3) is 0 Å². The second-order valence-electron chi connectivity index (χ2n) is 4.11. The second-order valence-corrected chi connectivity index (χ2v) is 4.11. The molecule has 0 aromatic heterocycles. The lowest BCUT2D eigenvalue weighted by molar-refractivity contribution is -0.144. The number of hydrogen-bond donors (Lipinski definition) is 3. The zero-order valence-electron chi connectivity index (χ0n) is 8.31. The Morgan fingerprint density at radius 1 is 1.33 bits per heavy atom. The summed E-state index contributed by atoms with van der Waals surface area (Å²) in [5, 5.41) is 9.09. The van der Waals surface area contributed by atoms with Crippen LogP contribution in [-0.4, -0.2) is 11.1 Å². The fraction of sp³-hybridized carbons (Fsp3) is 0.364. The second kappa shape index (κ2) is 3.24. The summed E-state index contributed by atoms with van der Waals surface area (Å²) < 4.78 is 0. The normalized spacial score (nSPS) is 19.5. The lowest BCUT2D eigenvalue weighted by atomic mass is 9.91. The smallest absolute Gasteiger partial charge is 0.311 e. The number of nitrogens with two attached hydrogens (primary N) is 2. The Hall–Kier alpha value is -1.55. The van der Waals surface area contributed by atoms with E-state index in [1.54, 1.807) is 24.3 Å². The number of aliphatic carboxylic acids is 1. The summed E-state index contributed by atoms with van der Waals surface area (Å²) in [7, 11) is 0. The highest BCUT2D eigenvalue weighted by Gasteiger charge is 2.55. The average Bonchev–Trinajstić information content (AvgIpc) is 2.98. The molecular weight excluding hydrogens is 192 g/mol. The molecule has 0 bridgehead atoms. The van der Waals surface area contributed by atoms with Gasteiger partial charge in [0, 0.05) is 11.7 Å². The molecule has 0 amide bonds. The molecule has 0 heterocycles. The first-order chi connectivity index (χ1) is 7.06. The van der Waals surface area contributed by atoms with Crippen LogP contribution in [0.15, 0.2) is 24.3 Å². The number of nitrogen functional groups attached to an aromatic ring is 1. The summed E-state index contributed by atoms with van der Waals surface area (Å²) in [5.74, 6) is -0.799. The topological polar surface area (TPSA) is 89.3 Å². The van der Waals surface area contributed by atoms with Gasteiger partial charge >= 0.3 is 5.97 Å². The van der Waals surface area contributed by atoms with Crippen molar-refractivity contribution in [3.63, 3.8) is 0 Å². The first-order valence-corrected chi connectivity index (χ1v) is 4.91. The van der Waals surface area contributed by atoms with Crippen molar-refractivity contribution in [1.29, 1.82) is 0 Å². The number of carboxylic acid groups (broad SMARTS) is 1. The minimum Gasteiger partial charge on any atom is -0.481 e. The molecule has 1 unspecified atom stereocenters. The molecule has 1 fully saturated rings. The Morgan fingerprint density at radius 2 is 1.87 bits per heavy atom. The molecule has 0 spiro atoms. The molecule has 1 aliphatic carbocycles. The van der Waals surface area contributed by atoms with Crippen LogP contribution in [0.5, 0.6) is 0 Å². The number of anilines is 1. The molecule has 1 aromatic carbocycles. The summed E-state index contributed by atoms with van der Waals surface area (Å²) in [5.41, 5.74) is 12.3. The quantitative estimate of drug-likeness (QED) is 0.647. The maximum absolute atomic E-state index is 11.1. The van der Waals surface area contributed by atoms with Gasteiger partial charge in [-0.25, -0.2) is 0 Å². The van der Waals surface area contributed by atoms with Crippen molar-refractivity contribution >= 4 is 11.7 Å². The van der Waals surface area contributed by atoms with Gasteiger partial charge < -0.3 is 16.6 Å². The lowest BCUT2D eigenvalue weighted by Crippen LogP contribution is -2.29. The van der Waals surface area contributed by atoms with Crippen LogP contribution in [0.1, 0.15) is 24.4 Å². The van der Waals surface area contributed by atoms with Gasteiger partial charge in [-0.2, -0.15) is 0 Å². The van der Waals surface area contributed by atoms with E-state index in [0.29, 0.717) is 18.5 Å². The third kappa shape index (κ3) is 1.57. The molecular formula is C11H14N2O2. The van der Waals surface area contributed by atoms with Gasteiger partial charge in [-0.05, 0) is 30.5 Å². The van der Waals surface area contributed by atoms with E-state index in [9.17, 15) is 4.79 Å². The van der Waals surface area contributed by atoms with Gasteiger partial charge in [-0.1, -0.05) is 12.1 Å². The molecule has 0 aliphatic heterocycles. The largest absolute Gasteiger partial charge is 0.481 e.